The summed E-state index contributed by atoms with van der Waals surface area (Å²) in [7, 11) is 0. The van der Waals surface area contributed by atoms with Crippen molar-refractivity contribution in [3.05, 3.63) is 41.8 Å². The van der Waals surface area contributed by atoms with Crippen LogP contribution in [0.1, 0.15) is 0 Å². The number of halogens is 1. The zero-order valence-electron chi connectivity index (χ0n) is 11.8. The average Bonchev–Trinajstić information content (AvgIpc) is 2.99. The molecule has 7 heteroatoms. The number of morpholine rings is 1. The number of aromatic nitrogens is 4. The summed E-state index contributed by atoms with van der Waals surface area (Å²) in [6.45, 7) is 2.96. The van der Waals surface area contributed by atoms with Gasteiger partial charge in [-0.05, 0) is 23.7 Å². The molecule has 0 unspecified atom stereocenters. The highest BCUT2D eigenvalue weighted by Crippen LogP contribution is 2.27. The van der Waals surface area contributed by atoms with Crippen molar-refractivity contribution in [2.24, 2.45) is 0 Å². The van der Waals surface area contributed by atoms with Gasteiger partial charge in [0.15, 0.2) is 5.65 Å². The van der Waals surface area contributed by atoms with Gasteiger partial charge in [0.2, 0.25) is 5.28 Å². The van der Waals surface area contributed by atoms with Gasteiger partial charge in [0.05, 0.1) is 30.5 Å². The standard InChI is InChI=1S/C15H14ClN5O/c16-15-18-13(20-6-8-22-9-7-20)12-10-17-21(14(12)19-15)11-4-2-1-3-5-11/h1-5,10H,6-9H2. The maximum atomic E-state index is 6.14. The minimum absolute atomic E-state index is 0.228. The molecule has 0 N–H and O–H groups in total. The lowest BCUT2D eigenvalue weighted by atomic mass is 10.3. The van der Waals surface area contributed by atoms with Crippen molar-refractivity contribution in [3.8, 4) is 5.69 Å². The summed E-state index contributed by atoms with van der Waals surface area (Å²) in [5.41, 5.74) is 1.66. The zero-order valence-corrected chi connectivity index (χ0v) is 12.6. The lowest BCUT2D eigenvalue weighted by Crippen LogP contribution is -2.36. The third kappa shape index (κ3) is 2.30. The number of nitrogens with zero attached hydrogens (tertiary/aromatic N) is 5. The fourth-order valence-corrected chi connectivity index (χ4v) is 2.80. The average molecular weight is 316 g/mol. The lowest BCUT2D eigenvalue weighted by molar-refractivity contribution is 0.122. The van der Waals surface area contributed by atoms with Crippen molar-refractivity contribution in [1.29, 1.82) is 0 Å². The van der Waals surface area contributed by atoms with E-state index in [0.717, 1.165) is 30.0 Å². The molecule has 0 atom stereocenters. The summed E-state index contributed by atoms with van der Waals surface area (Å²) in [5.74, 6) is 0.820. The van der Waals surface area contributed by atoms with Crippen LogP contribution in [0.2, 0.25) is 5.28 Å². The SMILES string of the molecule is Clc1nc(N2CCOCC2)c2cnn(-c3ccccc3)c2n1. The first-order valence-corrected chi connectivity index (χ1v) is 7.50. The second-order valence-corrected chi connectivity index (χ2v) is 5.38. The lowest BCUT2D eigenvalue weighted by Gasteiger charge is -2.28. The van der Waals surface area contributed by atoms with E-state index in [4.69, 9.17) is 16.3 Å². The molecule has 2 aromatic heterocycles. The van der Waals surface area contributed by atoms with Crippen LogP contribution < -0.4 is 4.90 Å². The number of hydrogen-bond donors (Lipinski definition) is 0. The van der Waals surface area contributed by atoms with Gasteiger partial charge in [-0.1, -0.05) is 18.2 Å². The van der Waals surface area contributed by atoms with Crippen LogP contribution in [0.15, 0.2) is 36.5 Å². The molecule has 22 heavy (non-hydrogen) atoms. The monoisotopic (exact) mass is 315 g/mol. The van der Waals surface area contributed by atoms with E-state index >= 15 is 0 Å². The summed E-state index contributed by atoms with van der Waals surface area (Å²) >= 11 is 6.14. The fourth-order valence-electron chi connectivity index (χ4n) is 2.64. The highest BCUT2D eigenvalue weighted by Gasteiger charge is 2.19. The first-order valence-electron chi connectivity index (χ1n) is 7.12. The normalized spacial score (nSPS) is 15.4. The predicted octanol–water partition coefficient (Wildman–Crippen LogP) is 2.31. The van der Waals surface area contributed by atoms with E-state index in [0.29, 0.717) is 18.9 Å². The molecule has 1 aromatic carbocycles. The first kappa shape index (κ1) is 13.5. The number of para-hydroxylation sites is 1. The Kier molecular flexibility index (Phi) is 3.40. The highest BCUT2D eigenvalue weighted by molar-refractivity contribution is 6.28. The molecule has 4 rings (SSSR count). The predicted molar refractivity (Wildman–Crippen MR) is 84.7 cm³/mol. The number of rotatable bonds is 2. The molecule has 0 spiro atoms. The summed E-state index contributed by atoms with van der Waals surface area (Å²) in [6, 6.07) is 9.87. The smallest absolute Gasteiger partial charge is 0.226 e. The Morgan fingerprint density at radius 2 is 1.82 bits per heavy atom. The second kappa shape index (κ2) is 5.55. The topological polar surface area (TPSA) is 56.1 Å². The minimum atomic E-state index is 0.228. The van der Waals surface area contributed by atoms with Crippen LogP contribution in [-0.2, 0) is 4.74 Å². The molecule has 0 bridgehead atoms. The molecule has 3 aromatic rings. The Morgan fingerprint density at radius 1 is 1.05 bits per heavy atom. The maximum absolute atomic E-state index is 6.14. The van der Waals surface area contributed by atoms with Crippen LogP contribution in [0.4, 0.5) is 5.82 Å². The van der Waals surface area contributed by atoms with Crippen LogP contribution in [0.3, 0.4) is 0 Å². The number of ether oxygens (including phenoxy) is 1. The van der Waals surface area contributed by atoms with Crippen LogP contribution >= 0.6 is 11.6 Å². The van der Waals surface area contributed by atoms with Gasteiger partial charge >= 0.3 is 0 Å². The van der Waals surface area contributed by atoms with E-state index in [1.165, 1.54) is 0 Å². The Labute approximate surface area is 132 Å². The van der Waals surface area contributed by atoms with E-state index < -0.39 is 0 Å². The third-order valence-corrected chi connectivity index (χ3v) is 3.86. The summed E-state index contributed by atoms with van der Waals surface area (Å²) in [4.78, 5) is 10.9. The van der Waals surface area contributed by atoms with Crippen molar-refractivity contribution >= 4 is 28.5 Å². The van der Waals surface area contributed by atoms with Crippen molar-refractivity contribution in [2.45, 2.75) is 0 Å². The van der Waals surface area contributed by atoms with Crippen LogP contribution in [0, 0.1) is 0 Å². The molecular formula is C15H14ClN5O. The molecule has 0 aliphatic carbocycles. The van der Waals surface area contributed by atoms with Gasteiger partial charge in [0, 0.05) is 13.1 Å². The van der Waals surface area contributed by atoms with Crippen LogP contribution in [0.25, 0.3) is 16.7 Å². The third-order valence-electron chi connectivity index (χ3n) is 3.69. The molecule has 1 aliphatic heterocycles. The Balaban J connectivity index is 1.87. The molecule has 0 radical (unpaired) electrons. The van der Waals surface area contributed by atoms with Crippen molar-refractivity contribution in [1.82, 2.24) is 19.7 Å². The number of anilines is 1. The summed E-state index contributed by atoms with van der Waals surface area (Å²) in [5, 5.41) is 5.59. The van der Waals surface area contributed by atoms with Gasteiger partial charge < -0.3 is 9.64 Å². The van der Waals surface area contributed by atoms with Crippen molar-refractivity contribution < 1.29 is 4.74 Å². The zero-order chi connectivity index (χ0) is 14.9. The van der Waals surface area contributed by atoms with E-state index in [9.17, 15) is 0 Å². The molecular weight excluding hydrogens is 302 g/mol. The van der Waals surface area contributed by atoms with E-state index in [-0.39, 0.29) is 5.28 Å². The summed E-state index contributed by atoms with van der Waals surface area (Å²) in [6.07, 6.45) is 1.80. The van der Waals surface area contributed by atoms with Gasteiger partial charge in [-0.15, -0.1) is 0 Å². The first-order chi connectivity index (χ1) is 10.8. The summed E-state index contributed by atoms with van der Waals surface area (Å²) < 4.78 is 7.18. The van der Waals surface area contributed by atoms with Crippen molar-refractivity contribution in [3.63, 3.8) is 0 Å². The van der Waals surface area contributed by atoms with Gasteiger partial charge in [0.1, 0.15) is 5.82 Å². The largest absolute Gasteiger partial charge is 0.378 e. The van der Waals surface area contributed by atoms with Gasteiger partial charge in [-0.3, -0.25) is 0 Å². The van der Waals surface area contributed by atoms with Crippen molar-refractivity contribution in [2.75, 3.05) is 31.2 Å². The van der Waals surface area contributed by atoms with Crippen LogP contribution in [0.5, 0.6) is 0 Å². The number of fused-ring (bicyclic) bond motifs is 1. The molecule has 6 nitrogen and oxygen atoms in total. The highest BCUT2D eigenvalue weighted by atomic mass is 35.5. The molecule has 0 saturated carbocycles. The molecule has 1 saturated heterocycles. The fraction of sp³-hybridized carbons (Fsp3) is 0.267. The van der Waals surface area contributed by atoms with Gasteiger partial charge in [-0.25, -0.2) is 4.68 Å². The number of hydrogen-bond acceptors (Lipinski definition) is 5. The Bertz CT molecular complexity index is 798. The Hall–Kier alpha value is -2.18. The number of benzene rings is 1. The van der Waals surface area contributed by atoms with E-state index in [2.05, 4.69) is 20.0 Å². The Morgan fingerprint density at radius 3 is 2.59 bits per heavy atom. The molecule has 1 aliphatic rings. The second-order valence-electron chi connectivity index (χ2n) is 5.04. The van der Waals surface area contributed by atoms with E-state index in [1.807, 2.05) is 30.3 Å². The van der Waals surface area contributed by atoms with Gasteiger partial charge in [0.25, 0.3) is 0 Å². The molecule has 3 heterocycles. The molecule has 0 amide bonds. The molecule has 1 fully saturated rings. The van der Waals surface area contributed by atoms with Gasteiger partial charge in [-0.2, -0.15) is 15.1 Å². The van der Waals surface area contributed by atoms with Crippen LogP contribution in [-0.4, -0.2) is 46.1 Å². The maximum Gasteiger partial charge on any atom is 0.226 e. The molecule has 112 valence electrons. The minimum Gasteiger partial charge on any atom is -0.378 e. The van der Waals surface area contributed by atoms with E-state index in [1.54, 1.807) is 10.9 Å². The quantitative estimate of drug-likeness (QED) is 0.679.